The van der Waals surface area contributed by atoms with Crippen molar-refractivity contribution in [3.63, 3.8) is 0 Å². The predicted molar refractivity (Wildman–Crippen MR) is 90.6 cm³/mol. The summed E-state index contributed by atoms with van der Waals surface area (Å²) in [6.45, 7) is 5.21. The molecule has 136 valence electrons. The molecule has 3 heterocycles. The lowest BCUT2D eigenvalue weighted by Crippen LogP contribution is -2.19. The van der Waals surface area contributed by atoms with E-state index in [1.165, 1.54) is 10.1 Å². The molecule has 0 atom stereocenters. The molecule has 1 N–H and O–H groups in total. The van der Waals surface area contributed by atoms with Crippen molar-refractivity contribution in [2.45, 2.75) is 26.9 Å². The Kier molecular flexibility index (Phi) is 4.53. The van der Waals surface area contributed by atoms with Gasteiger partial charge in [-0.25, -0.2) is 9.97 Å². The highest BCUT2D eigenvalue weighted by atomic mass is 32.1. The van der Waals surface area contributed by atoms with Gasteiger partial charge in [-0.05, 0) is 20.8 Å². The van der Waals surface area contributed by atoms with Crippen molar-refractivity contribution in [2.75, 3.05) is 5.32 Å². The minimum absolute atomic E-state index is 0.226. The summed E-state index contributed by atoms with van der Waals surface area (Å²) in [6.07, 6.45) is -4.59. The van der Waals surface area contributed by atoms with Crippen molar-refractivity contribution in [3.05, 3.63) is 51.2 Å². The maximum atomic E-state index is 13.0. The second-order valence-corrected chi connectivity index (χ2v) is 6.39. The Morgan fingerprint density at radius 3 is 2.50 bits per heavy atom. The molecule has 0 unspecified atom stereocenters. The minimum atomic E-state index is -4.59. The zero-order chi connectivity index (χ0) is 19.1. The Morgan fingerprint density at radius 2 is 1.85 bits per heavy atom. The maximum absolute atomic E-state index is 13.0. The number of alkyl halides is 3. The van der Waals surface area contributed by atoms with E-state index < -0.39 is 23.2 Å². The number of aryl methyl sites for hydroxylation is 3. The van der Waals surface area contributed by atoms with Gasteiger partial charge in [0.15, 0.2) is 5.82 Å². The average Bonchev–Trinajstić information content (AvgIpc) is 3.12. The number of carbonyl (C=O) groups excluding carboxylic acids is 1. The van der Waals surface area contributed by atoms with Gasteiger partial charge in [0.1, 0.15) is 11.6 Å². The second-order valence-electron chi connectivity index (χ2n) is 5.65. The van der Waals surface area contributed by atoms with Gasteiger partial charge >= 0.3 is 6.18 Å². The molecule has 0 aliphatic heterocycles. The third kappa shape index (κ3) is 3.59. The van der Waals surface area contributed by atoms with E-state index in [0.29, 0.717) is 23.0 Å². The Hall–Kier alpha value is -2.75. The first kappa shape index (κ1) is 18.1. The molecule has 0 aliphatic rings. The molecule has 0 bridgehead atoms. The van der Waals surface area contributed by atoms with E-state index >= 15 is 0 Å². The number of hydrogen-bond donors (Lipinski definition) is 1. The average molecular weight is 381 g/mol. The van der Waals surface area contributed by atoms with Gasteiger partial charge in [-0.15, -0.1) is 0 Å². The molecule has 0 spiro atoms. The summed E-state index contributed by atoms with van der Waals surface area (Å²) in [6, 6.07) is 3.23. The smallest absolute Gasteiger partial charge is 0.306 e. The van der Waals surface area contributed by atoms with E-state index in [4.69, 9.17) is 0 Å². The Labute approximate surface area is 150 Å². The van der Waals surface area contributed by atoms with Crippen LogP contribution in [-0.4, -0.2) is 25.7 Å². The summed E-state index contributed by atoms with van der Waals surface area (Å²) >= 11 is 0.818. The first-order valence-electron chi connectivity index (χ1n) is 7.49. The first-order chi connectivity index (χ1) is 12.1. The highest BCUT2D eigenvalue weighted by Gasteiger charge is 2.36. The van der Waals surface area contributed by atoms with Gasteiger partial charge in [-0.2, -0.15) is 34.3 Å². The number of thiophene rings is 1. The maximum Gasteiger partial charge on any atom is 0.417 e. The van der Waals surface area contributed by atoms with Gasteiger partial charge in [-0.3, -0.25) is 4.79 Å². The van der Waals surface area contributed by atoms with Crippen LogP contribution in [0.15, 0.2) is 22.9 Å². The van der Waals surface area contributed by atoms with Crippen molar-refractivity contribution < 1.29 is 18.0 Å². The highest BCUT2D eigenvalue weighted by Crippen LogP contribution is 2.34. The summed E-state index contributed by atoms with van der Waals surface area (Å²) in [5.41, 5.74) is -0.106. The van der Waals surface area contributed by atoms with E-state index in [-0.39, 0.29) is 5.82 Å². The number of amides is 1. The van der Waals surface area contributed by atoms with Gasteiger partial charge in [0.05, 0.1) is 16.8 Å². The molecule has 0 saturated heterocycles. The van der Waals surface area contributed by atoms with Crippen LogP contribution < -0.4 is 5.32 Å². The largest absolute Gasteiger partial charge is 0.417 e. The number of nitrogens with zero attached hydrogens (tertiary/aromatic N) is 4. The van der Waals surface area contributed by atoms with Gasteiger partial charge in [0.2, 0.25) is 0 Å². The second kappa shape index (κ2) is 6.52. The lowest BCUT2D eigenvalue weighted by molar-refractivity contribution is -0.137. The standard InChI is InChI=1S/C16H14F3N5OS/c1-8-4-13(21-10(3)20-8)24-14(5-9(2)23-24)22-15(25)11-6-26-7-12(11)16(17,18)19/h4-7H,1-3H3,(H,22,25). The molecule has 0 fully saturated rings. The fourth-order valence-corrected chi connectivity index (χ4v) is 3.28. The molecule has 3 aromatic heterocycles. The van der Waals surface area contributed by atoms with Crippen LogP contribution in [0.1, 0.15) is 33.1 Å². The predicted octanol–water partition coefficient (Wildman–Crippen LogP) is 3.92. The third-order valence-electron chi connectivity index (χ3n) is 3.45. The summed E-state index contributed by atoms with van der Waals surface area (Å²) in [5.74, 6) is 0.300. The summed E-state index contributed by atoms with van der Waals surface area (Å²) in [5, 5.41) is 8.83. The van der Waals surface area contributed by atoms with E-state index in [2.05, 4.69) is 20.4 Å². The van der Waals surface area contributed by atoms with Crippen LogP contribution in [0.5, 0.6) is 0 Å². The van der Waals surface area contributed by atoms with E-state index in [9.17, 15) is 18.0 Å². The van der Waals surface area contributed by atoms with Crippen molar-refractivity contribution in [1.82, 2.24) is 19.7 Å². The lowest BCUT2D eigenvalue weighted by atomic mass is 10.2. The molecule has 1 amide bonds. The number of rotatable bonds is 3. The van der Waals surface area contributed by atoms with E-state index in [1.54, 1.807) is 32.9 Å². The fourth-order valence-electron chi connectivity index (χ4n) is 2.45. The monoisotopic (exact) mass is 381 g/mol. The van der Waals surface area contributed by atoms with Gasteiger partial charge < -0.3 is 5.32 Å². The highest BCUT2D eigenvalue weighted by molar-refractivity contribution is 7.08. The summed E-state index contributed by atoms with van der Waals surface area (Å²) in [7, 11) is 0. The fraction of sp³-hybridized carbons (Fsp3) is 0.250. The number of aromatic nitrogens is 4. The zero-order valence-electron chi connectivity index (χ0n) is 14.0. The number of halogens is 3. The zero-order valence-corrected chi connectivity index (χ0v) is 14.9. The van der Waals surface area contributed by atoms with Crippen molar-refractivity contribution >= 4 is 23.1 Å². The Balaban J connectivity index is 1.97. The number of hydrogen-bond acceptors (Lipinski definition) is 5. The Morgan fingerprint density at radius 1 is 1.12 bits per heavy atom. The molecule has 6 nitrogen and oxygen atoms in total. The van der Waals surface area contributed by atoms with Crippen LogP contribution in [0.4, 0.5) is 19.0 Å². The van der Waals surface area contributed by atoms with E-state index in [0.717, 1.165) is 16.7 Å². The van der Waals surface area contributed by atoms with Gasteiger partial charge in [0, 0.05) is 28.6 Å². The van der Waals surface area contributed by atoms with Crippen LogP contribution in [0.3, 0.4) is 0 Å². The van der Waals surface area contributed by atoms with Crippen LogP contribution in [0.2, 0.25) is 0 Å². The SMILES string of the molecule is Cc1cc(-n2nc(C)cc2NC(=O)c2cscc2C(F)(F)F)nc(C)n1. The Bertz CT molecular complexity index is 956. The van der Waals surface area contributed by atoms with Crippen LogP contribution in [0, 0.1) is 20.8 Å². The molecule has 0 radical (unpaired) electrons. The van der Waals surface area contributed by atoms with Crippen molar-refractivity contribution in [3.8, 4) is 5.82 Å². The molecular weight excluding hydrogens is 367 g/mol. The number of carbonyl (C=O) groups is 1. The quantitative estimate of drug-likeness (QED) is 0.746. The summed E-state index contributed by atoms with van der Waals surface area (Å²) < 4.78 is 40.4. The molecule has 3 aromatic rings. The van der Waals surface area contributed by atoms with Crippen molar-refractivity contribution in [2.24, 2.45) is 0 Å². The molecule has 3 rings (SSSR count). The molecular formula is C16H14F3N5OS. The third-order valence-corrected chi connectivity index (χ3v) is 4.20. The van der Waals surface area contributed by atoms with Crippen LogP contribution in [-0.2, 0) is 6.18 Å². The van der Waals surface area contributed by atoms with Crippen LogP contribution >= 0.6 is 11.3 Å². The van der Waals surface area contributed by atoms with E-state index in [1.807, 2.05) is 0 Å². The first-order valence-corrected chi connectivity index (χ1v) is 8.43. The molecule has 26 heavy (non-hydrogen) atoms. The number of anilines is 1. The van der Waals surface area contributed by atoms with Gasteiger partial charge in [-0.1, -0.05) is 0 Å². The lowest BCUT2D eigenvalue weighted by Gasteiger charge is -2.11. The normalized spacial score (nSPS) is 11.6. The van der Waals surface area contributed by atoms with Crippen LogP contribution in [0.25, 0.3) is 5.82 Å². The number of nitrogens with one attached hydrogen (secondary N) is 1. The topological polar surface area (TPSA) is 72.7 Å². The molecule has 0 saturated carbocycles. The van der Waals surface area contributed by atoms with Gasteiger partial charge in [0.25, 0.3) is 5.91 Å². The molecule has 0 aliphatic carbocycles. The van der Waals surface area contributed by atoms with Crippen molar-refractivity contribution in [1.29, 1.82) is 0 Å². The summed E-state index contributed by atoms with van der Waals surface area (Å²) in [4.78, 5) is 20.8. The minimum Gasteiger partial charge on any atom is -0.306 e. The molecule has 10 heteroatoms. The molecule has 0 aromatic carbocycles.